The van der Waals surface area contributed by atoms with Gasteiger partial charge >= 0.3 is 0 Å². The van der Waals surface area contributed by atoms with Gasteiger partial charge in [0.1, 0.15) is 5.75 Å². The van der Waals surface area contributed by atoms with E-state index in [1.807, 2.05) is 24.3 Å². The number of hydrogen-bond acceptors (Lipinski definition) is 4. The van der Waals surface area contributed by atoms with E-state index in [2.05, 4.69) is 58.2 Å². The van der Waals surface area contributed by atoms with E-state index in [0.717, 1.165) is 21.4 Å². The van der Waals surface area contributed by atoms with Crippen LogP contribution in [0.3, 0.4) is 0 Å². The summed E-state index contributed by atoms with van der Waals surface area (Å²) in [5, 5.41) is 2.89. The van der Waals surface area contributed by atoms with Gasteiger partial charge in [-0.25, -0.2) is 0 Å². The van der Waals surface area contributed by atoms with Crippen LogP contribution in [0.4, 0.5) is 0 Å². The highest BCUT2D eigenvalue weighted by atomic mass is 79.9. The molecule has 0 amide bonds. The first-order chi connectivity index (χ1) is 9.91. The smallest absolute Gasteiger partial charge is 0.298 e. The van der Waals surface area contributed by atoms with Gasteiger partial charge in [0.15, 0.2) is 5.82 Å². The van der Waals surface area contributed by atoms with Crippen molar-refractivity contribution in [2.24, 2.45) is 0 Å². The predicted octanol–water partition coefficient (Wildman–Crippen LogP) is 5.54. The highest BCUT2D eigenvalue weighted by molar-refractivity contribution is 9.10. The first-order valence-corrected chi connectivity index (χ1v) is 8.20. The summed E-state index contributed by atoms with van der Waals surface area (Å²) in [6.45, 7) is 6.27. The fourth-order valence-electron chi connectivity index (χ4n) is 1.91. The molecule has 0 spiro atoms. The van der Waals surface area contributed by atoms with Crippen molar-refractivity contribution >= 4 is 38.2 Å². The first-order valence-electron chi connectivity index (χ1n) is 6.63. The van der Waals surface area contributed by atoms with Crippen LogP contribution < -0.4 is 4.74 Å². The van der Waals surface area contributed by atoms with E-state index in [9.17, 15) is 0 Å². The molecule has 0 saturated heterocycles. The summed E-state index contributed by atoms with van der Waals surface area (Å²) >= 11 is 4.77. The second-order valence-electron chi connectivity index (χ2n) is 5.89. The summed E-state index contributed by atoms with van der Waals surface area (Å²) < 4.78 is 11.3. The Labute approximate surface area is 136 Å². The lowest BCUT2D eigenvalue weighted by Gasteiger charge is -2.12. The van der Waals surface area contributed by atoms with Crippen LogP contribution in [0.5, 0.6) is 10.9 Å². The third-order valence-corrected chi connectivity index (χ3v) is 4.15. The molecule has 21 heavy (non-hydrogen) atoms. The van der Waals surface area contributed by atoms with Gasteiger partial charge in [-0.15, -0.1) is 0 Å². The third-order valence-electron chi connectivity index (χ3n) is 3.06. The summed E-state index contributed by atoms with van der Waals surface area (Å²) in [5.41, 5.74) is -0.0617. The number of nitrogens with zero attached hydrogens (tertiary/aromatic N) is 2. The molecule has 0 fully saturated rings. The average Bonchev–Trinajstić information content (AvgIpc) is 2.87. The van der Waals surface area contributed by atoms with Gasteiger partial charge in [-0.05, 0) is 35.0 Å². The van der Waals surface area contributed by atoms with Crippen molar-refractivity contribution in [3.05, 3.63) is 46.7 Å². The van der Waals surface area contributed by atoms with E-state index in [-0.39, 0.29) is 5.41 Å². The van der Waals surface area contributed by atoms with Crippen LogP contribution in [-0.2, 0) is 5.41 Å². The SMILES string of the molecule is CC(C)(C)c1nsc(Oc2ccc3cc(Br)ccc3c2)n1. The summed E-state index contributed by atoms with van der Waals surface area (Å²) in [6, 6.07) is 12.2. The minimum Gasteiger partial charge on any atom is -0.430 e. The quantitative estimate of drug-likeness (QED) is 0.599. The standard InChI is InChI=1S/C16H15BrN2OS/c1-16(2,3)14-18-15(21-19-14)20-13-7-5-10-8-12(17)6-4-11(10)9-13/h4-9H,1-3H3. The molecule has 108 valence electrons. The molecule has 1 heterocycles. The van der Waals surface area contributed by atoms with Gasteiger partial charge in [-0.3, -0.25) is 0 Å². The largest absolute Gasteiger partial charge is 0.430 e. The second-order valence-corrected chi connectivity index (χ2v) is 7.52. The average molecular weight is 363 g/mol. The van der Waals surface area contributed by atoms with Gasteiger partial charge in [0.2, 0.25) is 0 Å². The van der Waals surface area contributed by atoms with E-state index in [0.29, 0.717) is 5.19 Å². The molecule has 5 heteroatoms. The maximum absolute atomic E-state index is 5.83. The Morgan fingerprint density at radius 1 is 1.05 bits per heavy atom. The van der Waals surface area contributed by atoms with Crippen LogP contribution in [0.2, 0.25) is 0 Å². The van der Waals surface area contributed by atoms with Crippen molar-refractivity contribution in [2.45, 2.75) is 26.2 Å². The second kappa shape index (κ2) is 5.39. The van der Waals surface area contributed by atoms with Gasteiger partial charge in [0.25, 0.3) is 5.19 Å². The van der Waals surface area contributed by atoms with Crippen LogP contribution in [0.1, 0.15) is 26.6 Å². The van der Waals surface area contributed by atoms with Crippen molar-refractivity contribution < 1.29 is 4.74 Å². The zero-order valence-corrected chi connectivity index (χ0v) is 14.5. The fourth-order valence-corrected chi connectivity index (χ4v) is 3.03. The summed E-state index contributed by atoms with van der Waals surface area (Å²) in [6.07, 6.45) is 0. The zero-order valence-electron chi connectivity index (χ0n) is 12.1. The van der Waals surface area contributed by atoms with Gasteiger partial charge < -0.3 is 4.74 Å². The van der Waals surface area contributed by atoms with E-state index in [1.165, 1.54) is 16.9 Å². The van der Waals surface area contributed by atoms with Crippen molar-refractivity contribution in [1.82, 2.24) is 9.36 Å². The molecule has 0 saturated carbocycles. The lowest BCUT2D eigenvalue weighted by molar-refractivity contribution is 0.468. The van der Waals surface area contributed by atoms with Gasteiger partial charge in [0.05, 0.1) is 0 Å². The topological polar surface area (TPSA) is 35.0 Å². The van der Waals surface area contributed by atoms with Crippen LogP contribution in [0, 0.1) is 0 Å². The monoisotopic (exact) mass is 362 g/mol. The minimum absolute atomic E-state index is 0.0617. The number of fused-ring (bicyclic) bond motifs is 1. The molecule has 0 bridgehead atoms. The molecule has 0 aliphatic heterocycles. The number of rotatable bonds is 2. The van der Waals surface area contributed by atoms with Gasteiger partial charge in [0, 0.05) is 21.4 Å². The van der Waals surface area contributed by atoms with E-state index < -0.39 is 0 Å². The molecule has 0 radical (unpaired) electrons. The molecule has 0 aliphatic rings. The highest BCUT2D eigenvalue weighted by Crippen LogP contribution is 2.30. The maximum Gasteiger partial charge on any atom is 0.298 e. The normalized spacial score (nSPS) is 11.8. The van der Waals surface area contributed by atoms with E-state index in [4.69, 9.17) is 4.74 Å². The highest BCUT2D eigenvalue weighted by Gasteiger charge is 2.20. The Kier molecular flexibility index (Phi) is 3.71. The summed E-state index contributed by atoms with van der Waals surface area (Å²) in [4.78, 5) is 4.45. The molecule has 0 unspecified atom stereocenters. The zero-order chi connectivity index (χ0) is 15.0. The lowest BCUT2D eigenvalue weighted by atomic mass is 9.96. The van der Waals surface area contributed by atoms with Gasteiger partial charge in [-0.2, -0.15) is 9.36 Å². The fraction of sp³-hybridized carbons (Fsp3) is 0.250. The number of benzene rings is 2. The Hall–Kier alpha value is -1.46. The van der Waals surface area contributed by atoms with Crippen molar-refractivity contribution in [1.29, 1.82) is 0 Å². The van der Waals surface area contributed by atoms with Crippen LogP contribution >= 0.6 is 27.5 Å². The first kappa shape index (κ1) is 14.5. The van der Waals surface area contributed by atoms with Crippen molar-refractivity contribution in [3.63, 3.8) is 0 Å². The molecule has 0 atom stereocenters. The Balaban J connectivity index is 1.88. The molecule has 1 aromatic heterocycles. The number of halogens is 1. The van der Waals surface area contributed by atoms with Crippen LogP contribution in [0.15, 0.2) is 40.9 Å². The van der Waals surface area contributed by atoms with Crippen molar-refractivity contribution in [2.75, 3.05) is 0 Å². The van der Waals surface area contributed by atoms with Crippen molar-refractivity contribution in [3.8, 4) is 10.9 Å². The Morgan fingerprint density at radius 3 is 2.48 bits per heavy atom. The summed E-state index contributed by atoms with van der Waals surface area (Å²) in [5.74, 6) is 1.59. The molecular formula is C16H15BrN2OS. The van der Waals surface area contributed by atoms with E-state index in [1.54, 1.807) is 0 Å². The van der Waals surface area contributed by atoms with Crippen LogP contribution in [-0.4, -0.2) is 9.36 Å². The molecule has 3 rings (SSSR count). The molecular weight excluding hydrogens is 348 g/mol. The predicted molar refractivity (Wildman–Crippen MR) is 90.3 cm³/mol. The Bertz CT molecular complexity index is 792. The van der Waals surface area contributed by atoms with E-state index >= 15 is 0 Å². The van der Waals surface area contributed by atoms with Gasteiger partial charge in [-0.1, -0.05) is 48.8 Å². The molecule has 0 N–H and O–H groups in total. The number of aromatic nitrogens is 2. The molecule has 0 aliphatic carbocycles. The molecule has 3 nitrogen and oxygen atoms in total. The summed E-state index contributed by atoms with van der Waals surface area (Å²) in [7, 11) is 0. The Morgan fingerprint density at radius 2 is 1.76 bits per heavy atom. The minimum atomic E-state index is -0.0617. The number of ether oxygens (including phenoxy) is 1. The van der Waals surface area contributed by atoms with Crippen LogP contribution in [0.25, 0.3) is 10.8 Å². The lowest BCUT2D eigenvalue weighted by Crippen LogP contribution is -2.12. The third kappa shape index (κ3) is 3.24. The molecule has 3 aromatic rings. The maximum atomic E-state index is 5.83. The number of hydrogen-bond donors (Lipinski definition) is 0. The molecule has 2 aromatic carbocycles.